The van der Waals surface area contributed by atoms with Crippen LogP contribution in [0.15, 0.2) is 18.2 Å². The highest BCUT2D eigenvalue weighted by Crippen LogP contribution is 2.37. The van der Waals surface area contributed by atoms with Crippen molar-refractivity contribution < 1.29 is 18.3 Å². The first-order valence-electron chi connectivity index (χ1n) is 7.27. The van der Waals surface area contributed by atoms with Crippen LogP contribution in [-0.4, -0.2) is 53.8 Å². The number of fused-ring (bicyclic) bond motifs is 1. The molecule has 6 heteroatoms. The van der Waals surface area contributed by atoms with E-state index in [4.69, 9.17) is 0 Å². The van der Waals surface area contributed by atoms with Gasteiger partial charge < -0.3 is 5.11 Å². The molecule has 21 heavy (non-hydrogen) atoms. The topological polar surface area (TPSA) is 26.7 Å². The predicted octanol–water partition coefficient (Wildman–Crippen LogP) is 2.56. The molecule has 3 rings (SSSR count). The number of nitrogens with zero attached hydrogens (tertiary/aromatic N) is 2. The summed E-state index contributed by atoms with van der Waals surface area (Å²) < 4.78 is 37.2. The molecule has 1 N–H and O–H groups in total. The van der Waals surface area contributed by atoms with Crippen molar-refractivity contribution in [3.8, 4) is 5.75 Å². The second kappa shape index (κ2) is 5.50. The Bertz CT molecular complexity index is 510. The van der Waals surface area contributed by atoms with E-state index >= 15 is 0 Å². The number of rotatable bonds is 2. The fourth-order valence-corrected chi connectivity index (χ4v) is 3.45. The van der Waals surface area contributed by atoms with E-state index in [1.807, 2.05) is 6.07 Å². The molecule has 1 atom stereocenters. The number of phenols is 1. The molecular formula is C15H19F3N2O. The molecule has 1 aromatic carbocycles. The van der Waals surface area contributed by atoms with Crippen molar-refractivity contribution in [3.05, 3.63) is 29.3 Å². The van der Waals surface area contributed by atoms with Crippen LogP contribution in [-0.2, 0) is 6.42 Å². The van der Waals surface area contributed by atoms with Gasteiger partial charge in [-0.05, 0) is 36.1 Å². The van der Waals surface area contributed by atoms with Crippen molar-refractivity contribution in [1.82, 2.24) is 9.80 Å². The van der Waals surface area contributed by atoms with Crippen molar-refractivity contribution in [2.45, 2.75) is 25.1 Å². The summed E-state index contributed by atoms with van der Waals surface area (Å²) in [7, 11) is 0. The SMILES string of the molecule is Oc1ccc2c(c1)CCC2N1CCN(CC(F)(F)F)CC1. The Morgan fingerprint density at radius 2 is 1.86 bits per heavy atom. The van der Waals surface area contributed by atoms with Crippen LogP contribution in [0.3, 0.4) is 0 Å². The van der Waals surface area contributed by atoms with Gasteiger partial charge in [-0.15, -0.1) is 0 Å². The van der Waals surface area contributed by atoms with E-state index in [0.29, 0.717) is 26.2 Å². The molecule has 1 fully saturated rings. The van der Waals surface area contributed by atoms with Crippen LogP contribution in [0, 0.1) is 0 Å². The fourth-order valence-electron chi connectivity index (χ4n) is 3.45. The molecule has 1 heterocycles. The monoisotopic (exact) mass is 300 g/mol. The standard InChI is InChI=1S/C15H19F3N2O/c16-15(17,18)10-19-5-7-20(8-6-19)14-4-1-11-9-12(21)2-3-13(11)14/h2-3,9,14,21H,1,4-8,10H2. The molecule has 116 valence electrons. The fraction of sp³-hybridized carbons (Fsp3) is 0.600. The van der Waals surface area contributed by atoms with Gasteiger partial charge in [-0.1, -0.05) is 6.07 Å². The number of phenolic OH excluding ortho intramolecular Hbond substituents is 1. The van der Waals surface area contributed by atoms with Crippen LogP contribution in [0.1, 0.15) is 23.6 Å². The van der Waals surface area contributed by atoms with Crippen molar-refractivity contribution in [2.24, 2.45) is 0 Å². The number of aromatic hydroxyl groups is 1. The van der Waals surface area contributed by atoms with E-state index in [-0.39, 0.29) is 11.8 Å². The molecular weight excluding hydrogens is 281 g/mol. The maximum absolute atomic E-state index is 12.4. The van der Waals surface area contributed by atoms with Crippen molar-refractivity contribution in [2.75, 3.05) is 32.7 Å². The van der Waals surface area contributed by atoms with Crippen LogP contribution >= 0.6 is 0 Å². The molecule has 0 amide bonds. The van der Waals surface area contributed by atoms with Crippen LogP contribution in [0.4, 0.5) is 13.2 Å². The molecule has 1 aliphatic carbocycles. The first-order chi connectivity index (χ1) is 9.92. The zero-order chi connectivity index (χ0) is 15.0. The molecule has 0 spiro atoms. The predicted molar refractivity (Wildman–Crippen MR) is 73.2 cm³/mol. The summed E-state index contributed by atoms with van der Waals surface area (Å²) in [4.78, 5) is 3.75. The lowest BCUT2D eigenvalue weighted by atomic mass is 10.1. The maximum atomic E-state index is 12.4. The van der Waals surface area contributed by atoms with Crippen molar-refractivity contribution in [1.29, 1.82) is 0 Å². The average molecular weight is 300 g/mol. The summed E-state index contributed by atoms with van der Waals surface area (Å²) in [6, 6.07) is 5.73. The number of hydrogen-bond donors (Lipinski definition) is 1. The molecule has 1 aliphatic heterocycles. The molecule has 0 aromatic heterocycles. The van der Waals surface area contributed by atoms with Gasteiger partial charge in [0.05, 0.1) is 6.54 Å². The zero-order valence-electron chi connectivity index (χ0n) is 11.7. The first kappa shape index (κ1) is 14.7. The number of halogens is 3. The summed E-state index contributed by atoms with van der Waals surface area (Å²) in [6.45, 7) is 1.45. The van der Waals surface area contributed by atoms with Gasteiger partial charge in [0.25, 0.3) is 0 Å². The summed E-state index contributed by atoms with van der Waals surface area (Å²) in [5.74, 6) is 0.282. The van der Waals surface area contributed by atoms with Gasteiger partial charge in [0.1, 0.15) is 5.75 Å². The largest absolute Gasteiger partial charge is 0.508 e. The smallest absolute Gasteiger partial charge is 0.401 e. The van der Waals surface area contributed by atoms with Gasteiger partial charge >= 0.3 is 6.18 Å². The first-order valence-corrected chi connectivity index (χ1v) is 7.27. The second-order valence-electron chi connectivity index (χ2n) is 5.86. The minimum Gasteiger partial charge on any atom is -0.508 e. The highest BCUT2D eigenvalue weighted by Gasteiger charge is 2.34. The highest BCUT2D eigenvalue weighted by molar-refractivity contribution is 5.40. The summed E-state index contributed by atoms with van der Waals surface area (Å²) in [5.41, 5.74) is 2.38. The third kappa shape index (κ3) is 3.32. The van der Waals surface area contributed by atoms with Crippen LogP contribution < -0.4 is 0 Å². The maximum Gasteiger partial charge on any atom is 0.401 e. The lowest BCUT2D eigenvalue weighted by Gasteiger charge is -2.38. The number of benzene rings is 1. The Kier molecular flexibility index (Phi) is 3.84. The van der Waals surface area contributed by atoms with Gasteiger partial charge in [0, 0.05) is 32.2 Å². The van der Waals surface area contributed by atoms with Crippen LogP contribution in [0.2, 0.25) is 0 Å². The van der Waals surface area contributed by atoms with Crippen LogP contribution in [0.25, 0.3) is 0 Å². The number of aryl methyl sites for hydroxylation is 1. The van der Waals surface area contributed by atoms with Crippen molar-refractivity contribution >= 4 is 0 Å². The molecule has 3 nitrogen and oxygen atoms in total. The minimum absolute atomic E-state index is 0.282. The van der Waals surface area contributed by atoms with Gasteiger partial charge in [0.2, 0.25) is 0 Å². The lowest BCUT2D eigenvalue weighted by Crippen LogP contribution is -2.49. The zero-order valence-corrected chi connectivity index (χ0v) is 11.7. The lowest BCUT2D eigenvalue weighted by molar-refractivity contribution is -0.149. The van der Waals surface area contributed by atoms with E-state index < -0.39 is 12.7 Å². The summed E-state index contributed by atoms with van der Waals surface area (Å²) in [5, 5.41) is 9.51. The van der Waals surface area contributed by atoms with E-state index in [0.717, 1.165) is 18.4 Å². The molecule has 1 unspecified atom stereocenters. The van der Waals surface area contributed by atoms with Gasteiger partial charge in [0.15, 0.2) is 0 Å². The summed E-state index contributed by atoms with van der Waals surface area (Å²) >= 11 is 0. The Balaban J connectivity index is 1.62. The summed E-state index contributed by atoms with van der Waals surface area (Å²) in [6.07, 6.45) is -2.20. The molecule has 0 saturated carbocycles. The number of alkyl halides is 3. The van der Waals surface area contributed by atoms with Crippen molar-refractivity contribution in [3.63, 3.8) is 0 Å². The Morgan fingerprint density at radius 3 is 2.52 bits per heavy atom. The Hall–Kier alpha value is -1.27. The molecule has 2 aliphatic rings. The van der Waals surface area contributed by atoms with E-state index in [1.165, 1.54) is 10.5 Å². The number of hydrogen-bond acceptors (Lipinski definition) is 3. The van der Waals surface area contributed by atoms with E-state index in [1.54, 1.807) is 12.1 Å². The highest BCUT2D eigenvalue weighted by atomic mass is 19.4. The third-order valence-corrected chi connectivity index (χ3v) is 4.42. The molecule has 1 aromatic rings. The quantitative estimate of drug-likeness (QED) is 0.909. The third-order valence-electron chi connectivity index (χ3n) is 4.42. The molecule has 1 saturated heterocycles. The van der Waals surface area contributed by atoms with Gasteiger partial charge in [-0.2, -0.15) is 13.2 Å². The van der Waals surface area contributed by atoms with E-state index in [9.17, 15) is 18.3 Å². The Labute approximate surface area is 122 Å². The Morgan fingerprint density at radius 1 is 1.14 bits per heavy atom. The van der Waals surface area contributed by atoms with E-state index in [2.05, 4.69) is 4.90 Å². The average Bonchev–Trinajstić information content (AvgIpc) is 2.80. The van der Waals surface area contributed by atoms with Gasteiger partial charge in [-0.25, -0.2) is 0 Å². The minimum atomic E-state index is -4.11. The normalized spacial score (nSPS) is 24.2. The van der Waals surface area contributed by atoms with Gasteiger partial charge in [-0.3, -0.25) is 9.80 Å². The number of piperazine rings is 1. The molecule has 0 radical (unpaired) electrons. The molecule has 0 bridgehead atoms. The second-order valence-corrected chi connectivity index (χ2v) is 5.86. The van der Waals surface area contributed by atoms with Crippen LogP contribution in [0.5, 0.6) is 5.75 Å².